The van der Waals surface area contributed by atoms with Crippen molar-refractivity contribution in [1.29, 1.82) is 5.26 Å². The van der Waals surface area contributed by atoms with E-state index in [4.69, 9.17) is 15.2 Å². The number of rotatable bonds is 0. The normalized spacial score (nSPS) is 8.71. The Balaban J connectivity index is 0. The maximum Gasteiger partial charge on any atom is 0.490 e. The van der Waals surface area contributed by atoms with Gasteiger partial charge in [0.1, 0.15) is 0 Å². The summed E-state index contributed by atoms with van der Waals surface area (Å²) >= 11 is 2.28. The molecule has 0 aromatic heterocycles. The van der Waals surface area contributed by atoms with Gasteiger partial charge in [-0.2, -0.15) is 18.4 Å². The van der Waals surface area contributed by atoms with Crippen molar-refractivity contribution >= 4 is 28.6 Å². The van der Waals surface area contributed by atoms with Crippen molar-refractivity contribution in [2.45, 2.75) is 13.1 Å². The largest absolute Gasteiger partial charge is 0.490 e. The molecule has 0 aliphatic rings. The number of halogens is 4. The molecular weight excluding hydrogens is 350 g/mol. The highest BCUT2D eigenvalue weighted by atomic mass is 127. The number of nitrogens with zero attached hydrogens (tertiary/aromatic N) is 1. The van der Waals surface area contributed by atoms with Crippen molar-refractivity contribution in [3.63, 3.8) is 0 Å². The Morgan fingerprint density at radius 1 is 1.35 bits per heavy atom. The predicted molar refractivity (Wildman–Crippen MR) is 64.1 cm³/mol. The number of nitriles is 1. The average molecular weight is 359 g/mol. The van der Waals surface area contributed by atoms with E-state index in [9.17, 15) is 13.2 Å². The second-order valence-corrected chi connectivity index (χ2v) is 3.57. The molecule has 0 fully saturated rings. The molecule has 0 saturated heterocycles. The van der Waals surface area contributed by atoms with Gasteiger partial charge in [-0.05, 0) is 34.7 Å². The van der Waals surface area contributed by atoms with Crippen LogP contribution in [0.25, 0.3) is 0 Å². The summed E-state index contributed by atoms with van der Waals surface area (Å²) in [6.07, 6.45) is -5.08. The Kier molecular flexibility index (Phi) is 10.5. The number of hydrogen-bond acceptors (Lipinski definition) is 2. The molecule has 0 atom stereocenters. The maximum atomic E-state index is 10.6. The SMILES string of the molecule is CC#N.Ic1ccccc1.O=C(O)C(F)(F)F. The zero-order chi connectivity index (χ0) is 13.9. The number of benzene rings is 1. The number of carboxylic acids is 1. The van der Waals surface area contributed by atoms with E-state index in [1.807, 2.05) is 18.2 Å². The van der Waals surface area contributed by atoms with E-state index >= 15 is 0 Å². The van der Waals surface area contributed by atoms with Gasteiger partial charge in [0.2, 0.25) is 0 Å². The van der Waals surface area contributed by atoms with Crippen molar-refractivity contribution in [3.05, 3.63) is 33.9 Å². The standard InChI is InChI=1S/C6H5I.C2HF3O2.C2H3N/c7-6-4-2-1-3-5-6;3-2(4,5)1(6)7;1-2-3/h1-5H;(H,6,7);1H3. The van der Waals surface area contributed by atoms with E-state index in [2.05, 4.69) is 34.7 Å². The van der Waals surface area contributed by atoms with E-state index in [0.717, 1.165) is 0 Å². The van der Waals surface area contributed by atoms with E-state index in [0.29, 0.717) is 0 Å². The quantitative estimate of drug-likeness (QED) is 0.722. The Bertz CT molecular complexity index is 360. The molecule has 0 radical (unpaired) electrons. The fourth-order valence-electron chi connectivity index (χ4n) is 0.415. The first-order valence-electron chi connectivity index (χ1n) is 4.07. The number of carbonyl (C=O) groups is 1. The molecule has 7 heteroatoms. The molecule has 1 aromatic carbocycles. The molecule has 1 aromatic rings. The predicted octanol–water partition coefficient (Wildman–Crippen LogP) is 3.45. The van der Waals surface area contributed by atoms with Crippen LogP contribution in [0.1, 0.15) is 6.92 Å². The minimum atomic E-state index is -5.08. The van der Waals surface area contributed by atoms with Crippen LogP contribution in [-0.2, 0) is 4.79 Å². The summed E-state index contributed by atoms with van der Waals surface area (Å²) in [6, 6.07) is 12.0. The van der Waals surface area contributed by atoms with Gasteiger partial charge in [-0.15, -0.1) is 0 Å². The van der Waals surface area contributed by atoms with Gasteiger partial charge in [-0.1, -0.05) is 18.2 Å². The third kappa shape index (κ3) is 14.7. The molecule has 0 heterocycles. The number of carboxylic acid groups (broad SMARTS) is 1. The molecule has 0 bridgehead atoms. The zero-order valence-electron chi connectivity index (χ0n) is 8.70. The molecule has 1 N–H and O–H groups in total. The Labute approximate surface area is 110 Å². The van der Waals surface area contributed by atoms with E-state index in [1.54, 1.807) is 6.07 Å². The molecular formula is C10H9F3INO2. The lowest BCUT2D eigenvalue weighted by Crippen LogP contribution is -2.21. The van der Waals surface area contributed by atoms with E-state index < -0.39 is 12.1 Å². The highest BCUT2D eigenvalue weighted by molar-refractivity contribution is 14.1. The van der Waals surface area contributed by atoms with Crippen LogP contribution in [-0.4, -0.2) is 17.3 Å². The fourth-order valence-corrected chi connectivity index (χ4v) is 0.830. The molecule has 0 amide bonds. The smallest absolute Gasteiger partial charge is 0.475 e. The van der Waals surface area contributed by atoms with Crippen molar-refractivity contribution in [3.8, 4) is 6.07 Å². The van der Waals surface area contributed by atoms with Crippen LogP contribution in [0.5, 0.6) is 0 Å². The fraction of sp³-hybridized carbons (Fsp3) is 0.200. The van der Waals surface area contributed by atoms with Crippen molar-refractivity contribution < 1.29 is 23.1 Å². The highest BCUT2D eigenvalue weighted by Gasteiger charge is 2.38. The summed E-state index contributed by atoms with van der Waals surface area (Å²) in [6.45, 7) is 1.43. The molecule has 17 heavy (non-hydrogen) atoms. The topological polar surface area (TPSA) is 61.1 Å². The van der Waals surface area contributed by atoms with Gasteiger partial charge in [0.05, 0.1) is 6.07 Å². The molecule has 0 aliphatic carbocycles. The summed E-state index contributed by atoms with van der Waals surface area (Å²) in [5.74, 6) is -2.76. The molecule has 0 saturated carbocycles. The highest BCUT2D eigenvalue weighted by Crippen LogP contribution is 2.13. The van der Waals surface area contributed by atoms with Gasteiger partial charge < -0.3 is 5.11 Å². The Morgan fingerprint density at radius 3 is 1.76 bits per heavy atom. The van der Waals surface area contributed by atoms with Crippen LogP contribution in [0.2, 0.25) is 0 Å². The van der Waals surface area contributed by atoms with Crippen molar-refractivity contribution in [2.24, 2.45) is 0 Å². The summed E-state index contributed by atoms with van der Waals surface area (Å²) in [5.41, 5.74) is 0. The molecule has 0 aliphatic heterocycles. The Morgan fingerprint density at radius 2 is 1.65 bits per heavy atom. The lowest BCUT2D eigenvalue weighted by atomic mass is 10.4. The van der Waals surface area contributed by atoms with Crippen molar-refractivity contribution in [2.75, 3.05) is 0 Å². The second kappa shape index (κ2) is 9.89. The van der Waals surface area contributed by atoms with Gasteiger partial charge in [0, 0.05) is 10.5 Å². The summed E-state index contributed by atoms with van der Waals surface area (Å²) < 4.78 is 33.0. The third-order valence-electron chi connectivity index (χ3n) is 0.976. The number of hydrogen-bond donors (Lipinski definition) is 1. The number of alkyl halides is 3. The molecule has 0 spiro atoms. The lowest BCUT2D eigenvalue weighted by molar-refractivity contribution is -0.192. The lowest BCUT2D eigenvalue weighted by Gasteiger charge is -1.93. The Hall–Kier alpha value is -1.30. The first-order valence-corrected chi connectivity index (χ1v) is 5.15. The van der Waals surface area contributed by atoms with Crippen LogP contribution >= 0.6 is 22.6 Å². The van der Waals surface area contributed by atoms with Gasteiger partial charge in [-0.3, -0.25) is 0 Å². The molecule has 0 unspecified atom stereocenters. The molecule has 94 valence electrons. The first-order chi connectivity index (χ1) is 7.75. The van der Waals surface area contributed by atoms with Gasteiger partial charge in [0.25, 0.3) is 0 Å². The third-order valence-corrected chi connectivity index (χ3v) is 1.69. The molecule has 1 rings (SSSR count). The van der Waals surface area contributed by atoms with Crippen LogP contribution in [0, 0.1) is 14.9 Å². The van der Waals surface area contributed by atoms with Gasteiger partial charge in [-0.25, -0.2) is 4.79 Å². The minimum absolute atomic E-state index is 1.29. The van der Waals surface area contributed by atoms with Gasteiger partial charge >= 0.3 is 12.1 Å². The molecule has 3 nitrogen and oxygen atoms in total. The zero-order valence-corrected chi connectivity index (χ0v) is 10.9. The summed E-state index contributed by atoms with van der Waals surface area (Å²) in [7, 11) is 0. The van der Waals surface area contributed by atoms with Gasteiger partial charge in [0.15, 0.2) is 0 Å². The summed E-state index contributed by atoms with van der Waals surface area (Å²) in [4.78, 5) is 8.90. The van der Waals surface area contributed by atoms with Crippen LogP contribution in [0.4, 0.5) is 13.2 Å². The maximum absolute atomic E-state index is 10.6. The monoisotopic (exact) mass is 359 g/mol. The average Bonchev–Trinajstić information content (AvgIpc) is 2.19. The number of aliphatic carboxylic acids is 1. The van der Waals surface area contributed by atoms with Crippen LogP contribution in [0.15, 0.2) is 30.3 Å². The van der Waals surface area contributed by atoms with Crippen molar-refractivity contribution in [1.82, 2.24) is 0 Å². The van der Waals surface area contributed by atoms with E-state index in [-0.39, 0.29) is 0 Å². The minimum Gasteiger partial charge on any atom is -0.475 e. The van der Waals surface area contributed by atoms with Crippen LogP contribution in [0.3, 0.4) is 0 Å². The summed E-state index contributed by atoms with van der Waals surface area (Å²) in [5, 5.41) is 14.4. The van der Waals surface area contributed by atoms with E-state index in [1.165, 1.54) is 10.5 Å². The first kappa shape index (κ1) is 18.1. The van der Waals surface area contributed by atoms with Crippen LogP contribution < -0.4 is 0 Å². The second-order valence-electron chi connectivity index (χ2n) is 2.32.